The van der Waals surface area contributed by atoms with Crippen LogP contribution in [-0.2, 0) is 9.63 Å². The van der Waals surface area contributed by atoms with Crippen molar-refractivity contribution in [3.05, 3.63) is 29.6 Å². The van der Waals surface area contributed by atoms with E-state index in [0.29, 0.717) is 5.56 Å². The normalized spacial score (nSPS) is 9.19. The van der Waals surface area contributed by atoms with Crippen molar-refractivity contribution in [1.29, 1.82) is 5.26 Å². The molecule has 0 spiro atoms. The first kappa shape index (κ1) is 11.6. The molecule has 0 bridgehead atoms. The van der Waals surface area contributed by atoms with Crippen LogP contribution in [0.15, 0.2) is 18.3 Å². The van der Waals surface area contributed by atoms with Crippen LogP contribution in [0.4, 0.5) is 0 Å². The minimum Gasteiger partial charge on any atom is -0.368 e. The average molecular weight is 220 g/mol. The number of nitrogens with one attached hydrogen (secondary N) is 1. The van der Waals surface area contributed by atoms with Crippen LogP contribution in [0.1, 0.15) is 16.1 Å². The Bertz CT molecular complexity index is 435. The van der Waals surface area contributed by atoms with Crippen molar-refractivity contribution in [3.8, 4) is 6.07 Å². The predicted molar refractivity (Wildman–Crippen MR) is 51.6 cm³/mol. The molecule has 0 saturated heterocycles. The van der Waals surface area contributed by atoms with E-state index in [1.165, 1.54) is 18.3 Å². The van der Waals surface area contributed by atoms with Gasteiger partial charge in [-0.05, 0) is 12.1 Å². The van der Waals surface area contributed by atoms with Crippen LogP contribution in [0.5, 0.6) is 0 Å². The van der Waals surface area contributed by atoms with E-state index in [9.17, 15) is 9.59 Å². The van der Waals surface area contributed by atoms with Crippen LogP contribution in [0, 0.1) is 11.3 Å². The molecular formula is C9H8N4O3. The number of aromatic nitrogens is 1. The maximum Gasteiger partial charge on any atom is 0.293 e. The van der Waals surface area contributed by atoms with Crippen molar-refractivity contribution in [1.82, 2.24) is 10.5 Å². The molecule has 0 atom stereocenters. The maximum atomic E-state index is 11.3. The molecule has 0 fully saturated rings. The summed E-state index contributed by atoms with van der Waals surface area (Å²) in [7, 11) is 0. The van der Waals surface area contributed by atoms with Gasteiger partial charge in [0.05, 0.1) is 5.56 Å². The van der Waals surface area contributed by atoms with Crippen molar-refractivity contribution in [3.63, 3.8) is 0 Å². The Morgan fingerprint density at radius 2 is 2.31 bits per heavy atom. The molecule has 0 aliphatic rings. The molecular weight excluding hydrogens is 212 g/mol. The lowest BCUT2D eigenvalue weighted by molar-refractivity contribution is -0.124. The second-order valence-electron chi connectivity index (χ2n) is 2.73. The van der Waals surface area contributed by atoms with Crippen molar-refractivity contribution in [2.75, 3.05) is 6.61 Å². The molecule has 1 heterocycles. The zero-order valence-electron chi connectivity index (χ0n) is 8.14. The first-order chi connectivity index (χ1) is 7.63. The summed E-state index contributed by atoms with van der Waals surface area (Å²) < 4.78 is 0. The summed E-state index contributed by atoms with van der Waals surface area (Å²) in [5.41, 5.74) is 7.19. The molecule has 0 aliphatic carbocycles. The molecule has 1 aromatic heterocycles. The summed E-state index contributed by atoms with van der Waals surface area (Å²) >= 11 is 0. The van der Waals surface area contributed by atoms with Gasteiger partial charge in [0.2, 0.25) is 5.91 Å². The van der Waals surface area contributed by atoms with E-state index >= 15 is 0 Å². The number of carbonyl (C=O) groups is 2. The summed E-state index contributed by atoms with van der Waals surface area (Å²) in [5, 5.41) is 8.50. The summed E-state index contributed by atoms with van der Waals surface area (Å²) in [5.74, 6) is -1.32. The topological polar surface area (TPSA) is 118 Å². The lowest BCUT2D eigenvalue weighted by atomic mass is 10.2. The van der Waals surface area contributed by atoms with Gasteiger partial charge in [-0.1, -0.05) is 0 Å². The summed E-state index contributed by atoms with van der Waals surface area (Å²) in [6, 6.07) is 4.67. The third-order valence-corrected chi connectivity index (χ3v) is 1.50. The monoisotopic (exact) mass is 220 g/mol. The van der Waals surface area contributed by atoms with Gasteiger partial charge in [-0.15, -0.1) is 0 Å². The number of hydrogen-bond donors (Lipinski definition) is 2. The van der Waals surface area contributed by atoms with Gasteiger partial charge >= 0.3 is 0 Å². The first-order valence-electron chi connectivity index (χ1n) is 4.20. The van der Waals surface area contributed by atoms with Crippen LogP contribution in [0.3, 0.4) is 0 Å². The van der Waals surface area contributed by atoms with Crippen LogP contribution in [0.25, 0.3) is 0 Å². The quantitative estimate of drug-likeness (QED) is 0.637. The largest absolute Gasteiger partial charge is 0.368 e. The van der Waals surface area contributed by atoms with Crippen molar-refractivity contribution in [2.24, 2.45) is 5.73 Å². The van der Waals surface area contributed by atoms with Gasteiger partial charge in [0.15, 0.2) is 6.61 Å². The van der Waals surface area contributed by atoms with Gasteiger partial charge < -0.3 is 5.73 Å². The summed E-state index contributed by atoms with van der Waals surface area (Å²) in [6.07, 6.45) is 1.25. The zero-order chi connectivity index (χ0) is 12.0. The number of nitrogens with zero attached hydrogens (tertiary/aromatic N) is 2. The Balaban J connectivity index is 2.53. The predicted octanol–water partition coefficient (Wildman–Crippen LogP) is -0.900. The molecule has 7 nitrogen and oxygen atoms in total. The molecule has 0 aromatic carbocycles. The SMILES string of the molecule is N#Cc1ccc(C(=O)NOCC(N)=O)nc1. The molecule has 0 aliphatic heterocycles. The van der Waals surface area contributed by atoms with E-state index in [-0.39, 0.29) is 5.69 Å². The molecule has 7 heteroatoms. The fourth-order valence-electron chi connectivity index (χ4n) is 0.819. The number of nitrogens with two attached hydrogens (primary N) is 1. The molecule has 0 radical (unpaired) electrons. The van der Waals surface area contributed by atoms with Crippen LogP contribution < -0.4 is 11.2 Å². The minimum atomic E-state index is -0.701. The Hall–Kier alpha value is -2.46. The van der Waals surface area contributed by atoms with E-state index in [2.05, 4.69) is 9.82 Å². The lowest BCUT2D eigenvalue weighted by Crippen LogP contribution is -2.29. The smallest absolute Gasteiger partial charge is 0.293 e. The van der Waals surface area contributed by atoms with E-state index in [1.54, 1.807) is 0 Å². The summed E-state index contributed by atoms with van der Waals surface area (Å²) in [6.45, 7) is -0.415. The molecule has 1 aromatic rings. The minimum absolute atomic E-state index is 0.0727. The Kier molecular flexibility index (Phi) is 3.94. The zero-order valence-corrected chi connectivity index (χ0v) is 8.14. The Labute approximate surface area is 90.8 Å². The number of carbonyl (C=O) groups excluding carboxylic acids is 2. The van der Waals surface area contributed by atoms with Crippen molar-refractivity contribution >= 4 is 11.8 Å². The highest BCUT2D eigenvalue weighted by Crippen LogP contribution is 1.98. The van der Waals surface area contributed by atoms with Crippen molar-refractivity contribution < 1.29 is 14.4 Å². The lowest BCUT2D eigenvalue weighted by Gasteiger charge is -2.02. The summed E-state index contributed by atoms with van der Waals surface area (Å²) in [4.78, 5) is 29.8. The number of rotatable bonds is 4. The Morgan fingerprint density at radius 1 is 1.56 bits per heavy atom. The second kappa shape index (κ2) is 5.43. The highest BCUT2D eigenvalue weighted by atomic mass is 16.7. The molecule has 3 N–H and O–H groups in total. The number of hydroxylamine groups is 1. The number of hydrogen-bond acceptors (Lipinski definition) is 5. The van der Waals surface area contributed by atoms with Gasteiger partial charge in [-0.3, -0.25) is 14.4 Å². The molecule has 0 saturated carbocycles. The fraction of sp³-hybridized carbons (Fsp3) is 0.111. The number of pyridine rings is 1. The average Bonchev–Trinajstić information content (AvgIpc) is 2.28. The maximum absolute atomic E-state index is 11.3. The number of amides is 2. The van der Waals surface area contributed by atoms with Gasteiger partial charge in [0.25, 0.3) is 5.91 Å². The molecule has 16 heavy (non-hydrogen) atoms. The van der Waals surface area contributed by atoms with E-state index in [1.807, 2.05) is 11.5 Å². The van der Waals surface area contributed by atoms with E-state index in [0.717, 1.165) is 0 Å². The molecule has 2 amide bonds. The molecule has 1 rings (SSSR count). The van der Waals surface area contributed by atoms with Crippen molar-refractivity contribution in [2.45, 2.75) is 0 Å². The van der Waals surface area contributed by atoms with Crippen LogP contribution >= 0.6 is 0 Å². The number of primary amides is 1. The number of nitriles is 1. The second-order valence-corrected chi connectivity index (χ2v) is 2.73. The van der Waals surface area contributed by atoms with Crippen LogP contribution in [0.2, 0.25) is 0 Å². The highest BCUT2D eigenvalue weighted by Gasteiger charge is 2.07. The van der Waals surface area contributed by atoms with E-state index in [4.69, 9.17) is 11.0 Å². The van der Waals surface area contributed by atoms with Gasteiger partial charge in [0.1, 0.15) is 11.8 Å². The Morgan fingerprint density at radius 3 is 2.81 bits per heavy atom. The standard InChI is InChI=1S/C9H8N4O3/c10-3-6-1-2-7(12-4-6)9(15)13-16-5-8(11)14/h1-2,4H,5H2,(H2,11,14)(H,13,15). The molecule has 0 unspecified atom stereocenters. The molecule has 82 valence electrons. The third-order valence-electron chi connectivity index (χ3n) is 1.50. The van der Waals surface area contributed by atoms with E-state index < -0.39 is 18.4 Å². The fourth-order valence-corrected chi connectivity index (χ4v) is 0.819. The van der Waals surface area contributed by atoms with Crippen LogP contribution in [-0.4, -0.2) is 23.4 Å². The first-order valence-corrected chi connectivity index (χ1v) is 4.20. The third kappa shape index (κ3) is 3.36. The van der Waals surface area contributed by atoms with Gasteiger partial charge in [0, 0.05) is 6.20 Å². The van der Waals surface area contributed by atoms with Gasteiger partial charge in [-0.2, -0.15) is 5.26 Å². The highest BCUT2D eigenvalue weighted by molar-refractivity contribution is 5.91. The van der Waals surface area contributed by atoms with Gasteiger partial charge in [-0.25, -0.2) is 10.5 Å².